The number of furan rings is 1. The molecule has 0 saturated heterocycles. The van der Waals surface area contributed by atoms with Crippen LogP contribution in [0.5, 0.6) is 0 Å². The normalized spacial score (nSPS) is 10.7. The predicted octanol–water partition coefficient (Wildman–Crippen LogP) is 4.52. The van der Waals surface area contributed by atoms with E-state index in [1.54, 1.807) is 42.5 Å². The lowest BCUT2D eigenvalue weighted by Gasteiger charge is -2.05. The van der Waals surface area contributed by atoms with Crippen molar-refractivity contribution in [3.63, 3.8) is 0 Å². The monoisotopic (exact) mass is 355 g/mol. The molecule has 0 radical (unpaired) electrons. The number of hydrogen-bond donors (Lipinski definition) is 1. The summed E-state index contributed by atoms with van der Waals surface area (Å²) in [5.74, 6) is 0.389. The molecule has 1 heterocycles. The molecular weight excluding hydrogens is 336 g/mol. The van der Waals surface area contributed by atoms with Gasteiger partial charge in [0.15, 0.2) is 0 Å². The number of carbonyl (C=O) groups is 1. The Kier molecular flexibility index (Phi) is 5.79. The first-order chi connectivity index (χ1) is 12.6. The van der Waals surface area contributed by atoms with Gasteiger partial charge in [-0.2, -0.15) is 0 Å². The number of aryl methyl sites for hydroxylation is 1. The van der Waals surface area contributed by atoms with Crippen LogP contribution in [0.15, 0.2) is 65.1 Å². The molecule has 0 saturated carbocycles. The predicted molar refractivity (Wildman–Crippen MR) is 95.5 cm³/mol. The summed E-state index contributed by atoms with van der Waals surface area (Å²) in [6.45, 7) is 0.489. The maximum atomic E-state index is 13.8. The zero-order valence-corrected chi connectivity index (χ0v) is 14.2. The van der Waals surface area contributed by atoms with Crippen LogP contribution < -0.4 is 5.32 Å². The van der Waals surface area contributed by atoms with Crippen LogP contribution in [0, 0.1) is 11.6 Å². The van der Waals surface area contributed by atoms with E-state index in [1.807, 2.05) is 0 Å². The molecule has 134 valence electrons. The molecule has 26 heavy (non-hydrogen) atoms. The second kappa shape index (κ2) is 8.43. The van der Waals surface area contributed by atoms with Gasteiger partial charge in [0.2, 0.25) is 5.91 Å². The molecule has 5 heteroatoms. The van der Waals surface area contributed by atoms with E-state index in [1.165, 1.54) is 18.2 Å². The van der Waals surface area contributed by atoms with Gasteiger partial charge in [0, 0.05) is 19.4 Å². The zero-order valence-electron chi connectivity index (χ0n) is 14.2. The van der Waals surface area contributed by atoms with Crippen molar-refractivity contribution in [3.8, 4) is 11.3 Å². The summed E-state index contributed by atoms with van der Waals surface area (Å²) in [6.07, 6.45) is 1.37. The van der Waals surface area contributed by atoms with Gasteiger partial charge in [-0.3, -0.25) is 4.79 Å². The summed E-state index contributed by atoms with van der Waals surface area (Å²) in [4.78, 5) is 11.9. The molecule has 3 nitrogen and oxygen atoms in total. The first-order valence-electron chi connectivity index (χ1n) is 8.46. The molecule has 0 bridgehead atoms. The van der Waals surface area contributed by atoms with Crippen molar-refractivity contribution >= 4 is 5.91 Å². The van der Waals surface area contributed by atoms with Crippen LogP contribution in [0.1, 0.15) is 17.7 Å². The molecule has 3 rings (SSSR count). The van der Waals surface area contributed by atoms with E-state index in [9.17, 15) is 13.6 Å². The first kappa shape index (κ1) is 17.9. The average Bonchev–Trinajstić information content (AvgIpc) is 3.11. The number of amides is 1. The summed E-state index contributed by atoms with van der Waals surface area (Å²) in [5, 5.41) is 2.83. The van der Waals surface area contributed by atoms with Crippen molar-refractivity contribution in [1.82, 2.24) is 5.32 Å². The highest BCUT2D eigenvalue weighted by Crippen LogP contribution is 2.25. The molecule has 0 aliphatic rings. The number of rotatable bonds is 7. The van der Waals surface area contributed by atoms with E-state index in [0.29, 0.717) is 36.5 Å². The fraction of sp³-hybridized carbons (Fsp3) is 0.190. The van der Waals surface area contributed by atoms with Crippen molar-refractivity contribution in [2.45, 2.75) is 19.3 Å². The highest BCUT2D eigenvalue weighted by Gasteiger charge is 2.10. The topological polar surface area (TPSA) is 42.2 Å². The third-order valence-electron chi connectivity index (χ3n) is 4.05. The van der Waals surface area contributed by atoms with E-state index < -0.39 is 0 Å². The Balaban J connectivity index is 1.45. The largest absolute Gasteiger partial charge is 0.461 e. The summed E-state index contributed by atoms with van der Waals surface area (Å²) < 4.78 is 32.2. The molecule has 0 atom stereocenters. The second-order valence-electron chi connectivity index (χ2n) is 5.97. The van der Waals surface area contributed by atoms with Crippen molar-refractivity contribution < 1.29 is 18.0 Å². The fourth-order valence-electron chi connectivity index (χ4n) is 2.64. The minimum Gasteiger partial charge on any atom is -0.461 e. The number of halogens is 2. The van der Waals surface area contributed by atoms with E-state index in [-0.39, 0.29) is 24.0 Å². The Labute approximate surface area is 150 Å². The molecule has 0 aliphatic carbocycles. The van der Waals surface area contributed by atoms with Crippen LogP contribution >= 0.6 is 0 Å². The number of hydrogen-bond acceptors (Lipinski definition) is 2. The molecule has 2 aromatic carbocycles. The van der Waals surface area contributed by atoms with Crippen molar-refractivity contribution in [2.75, 3.05) is 6.54 Å². The van der Waals surface area contributed by atoms with Gasteiger partial charge < -0.3 is 9.73 Å². The Hall–Kier alpha value is -2.95. The Morgan fingerprint density at radius 3 is 2.46 bits per heavy atom. The Morgan fingerprint density at radius 2 is 1.69 bits per heavy atom. The molecule has 3 aromatic rings. The summed E-state index contributed by atoms with van der Waals surface area (Å²) >= 11 is 0. The van der Waals surface area contributed by atoms with Gasteiger partial charge in [0.1, 0.15) is 23.2 Å². The minimum absolute atomic E-state index is 0.0871. The standard InChI is InChI=1S/C21H19F2NO2/c22-16-7-5-15(6-8-16)13-14-24-21(25)12-10-17-9-11-20(26-17)18-3-1-2-4-19(18)23/h1-9,11H,10,12-14H2,(H,24,25). The zero-order chi connectivity index (χ0) is 18.4. The molecule has 1 aromatic heterocycles. The quantitative estimate of drug-likeness (QED) is 0.677. The van der Waals surface area contributed by atoms with Crippen LogP contribution in [0.3, 0.4) is 0 Å². The third-order valence-corrected chi connectivity index (χ3v) is 4.05. The van der Waals surface area contributed by atoms with Crippen LogP contribution in [0.25, 0.3) is 11.3 Å². The van der Waals surface area contributed by atoms with Gasteiger partial charge in [-0.1, -0.05) is 24.3 Å². The van der Waals surface area contributed by atoms with Gasteiger partial charge in [0.25, 0.3) is 0 Å². The molecular formula is C21H19F2NO2. The highest BCUT2D eigenvalue weighted by molar-refractivity contribution is 5.76. The van der Waals surface area contributed by atoms with Gasteiger partial charge in [0.05, 0.1) is 5.56 Å². The molecule has 1 N–H and O–H groups in total. The smallest absolute Gasteiger partial charge is 0.220 e. The minimum atomic E-state index is -0.341. The van der Waals surface area contributed by atoms with Crippen LogP contribution in [0.2, 0.25) is 0 Å². The second-order valence-corrected chi connectivity index (χ2v) is 5.97. The van der Waals surface area contributed by atoms with E-state index in [0.717, 1.165) is 5.56 Å². The lowest BCUT2D eigenvalue weighted by Crippen LogP contribution is -2.25. The van der Waals surface area contributed by atoms with Crippen molar-refractivity contribution in [1.29, 1.82) is 0 Å². The van der Waals surface area contributed by atoms with Gasteiger partial charge in [-0.25, -0.2) is 8.78 Å². The number of nitrogens with one attached hydrogen (secondary N) is 1. The van der Waals surface area contributed by atoms with Crippen molar-refractivity contribution in [3.05, 3.63) is 83.6 Å². The first-order valence-corrected chi connectivity index (χ1v) is 8.46. The SMILES string of the molecule is O=C(CCc1ccc(-c2ccccc2F)o1)NCCc1ccc(F)cc1. The fourth-order valence-corrected chi connectivity index (χ4v) is 2.64. The lowest BCUT2D eigenvalue weighted by atomic mass is 10.1. The van der Waals surface area contributed by atoms with Gasteiger partial charge >= 0.3 is 0 Å². The summed E-state index contributed by atoms with van der Waals surface area (Å²) in [6, 6.07) is 16.1. The van der Waals surface area contributed by atoms with Crippen molar-refractivity contribution in [2.24, 2.45) is 0 Å². The molecule has 0 unspecified atom stereocenters. The maximum Gasteiger partial charge on any atom is 0.220 e. The van der Waals surface area contributed by atoms with Crippen LogP contribution in [-0.2, 0) is 17.6 Å². The maximum absolute atomic E-state index is 13.8. The molecule has 0 aliphatic heterocycles. The number of benzene rings is 2. The van der Waals surface area contributed by atoms with Crippen LogP contribution in [0.4, 0.5) is 8.78 Å². The molecule has 1 amide bonds. The van der Waals surface area contributed by atoms with E-state index in [4.69, 9.17) is 4.42 Å². The molecule has 0 spiro atoms. The summed E-state index contributed by atoms with van der Waals surface area (Å²) in [5.41, 5.74) is 1.37. The lowest BCUT2D eigenvalue weighted by molar-refractivity contribution is -0.121. The van der Waals surface area contributed by atoms with Gasteiger partial charge in [-0.05, 0) is 48.4 Å². The van der Waals surface area contributed by atoms with Crippen LogP contribution in [-0.4, -0.2) is 12.5 Å². The Morgan fingerprint density at radius 1 is 0.923 bits per heavy atom. The third kappa shape index (κ3) is 4.79. The Bertz CT molecular complexity index is 872. The van der Waals surface area contributed by atoms with Gasteiger partial charge in [-0.15, -0.1) is 0 Å². The molecule has 0 fully saturated rings. The average molecular weight is 355 g/mol. The van der Waals surface area contributed by atoms with E-state index >= 15 is 0 Å². The van der Waals surface area contributed by atoms with E-state index in [2.05, 4.69) is 5.32 Å². The summed E-state index contributed by atoms with van der Waals surface area (Å²) in [7, 11) is 0. The number of carbonyl (C=O) groups excluding carboxylic acids is 1. The highest BCUT2D eigenvalue weighted by atomic mass is 19.1.